The van der Waals surface area contributed by atoms with Gasteiger partial charge in [0.05, 0.1) is 17.7 Å². The molecule has 0 atom stereocenters. The van der Waals surface area contributed by atoms with Crippen LogP contribution in [0.15, 0.2) is 22.0 Å². The summed E-state index contributed by atoms with van der Waals surface area (Å²) >= 11 is 1.58. The van der Waals surface area contributed by atoms with Crippen molar-refractivity contribution in [1.82, 2.24) is 19.3 Å². The van der Waals surface area contributed by atoms with E-state index in [1.165, 1.54) is 10.6 Å². The van der Waals surface area contributed by atoms with E-state index in [-0.39, 0.29) is 6.04 Å². The van der Waals surface area contributed by atoms with Crippen LogP contribution in [0.25, 0.3) is 10.7 Å². The van der Waals surface area contributed by atoms with Gasteiger partial charge >= 0.3 is 0 Å². The fourth-order valence-electron chi connectivity index (χ4n) is 2.73. The van der Waals surface area contributed by atoms with Gasteiger partial charge in [-0.25, -0.2) is 12.7 Å². The molecule has 126 valence electrons. The zero-order valence-electron chi connectivity index (χ0n) is 13.2. The van der Waals surface area contributed by atoms with Gasteiger partial charge in [0.15, 0.2) is 0 Å². The highest BCUT2D eigenvalue weighted by atomic mass is 32.2. The van der Waals surface area contributed by atoms with Crippen LogP contribution < -0.4 is 0 Å². The number of sulfonamides is 1. The molecule has 1 aliphatic heterocycles. The first-order valence-corrected chi connectivity index (χ1v) is 10.2. The molecule has 0 bridgehead atoms. The maximum absolute atomic E-state index is 11.6. The predicted octanol–water partition coefficient (Wildman–Crippen LogP) is 1.65. The molecule has 0 spiro atoms. The lowest BCUT2D eigenvalue weighted by Gasteiger charge is -2.34. The number of aromatic nitrogens is 2. The highest BCUT2D eigenvalue weighted by Crippen LogP contribution is 2.23. The third-order valence-electron chi connectivity index (χ3n) is 4.16. The molecule has 1 aliphatic rings. The number of hydrogen-bond donors (Lipinski definition) is 0. The molecule has 0 aliphatic carbocycles. The number of likely N-dealkylation sites (tertiary alicyclic amines) is 1. The zero-order chi connectivity index (χ0) is 16.4. The topological polar surface area (TPSA) is 79.5 Å². The van der Waals surface area contributed by atoms with E-state index in [4.69, 9.17) is 4.52 Å². The minimum absolute atomic E-state index is 0.0746. The number of thiophene rings is 1. The van der Waals surface area contributed by atoms with Gasteiger partial charge in [-0.05, 0) is 24.3 Å². The third kappa shape index (κ3) is 3.97. The lowest BCUT2D eigenvalue weighted by molar-refractivity contribution is 0.149. The van der Waals surface area contributed by atoms with Crippen molar-refractivity contribution in [3.05, 3.63) is 23.4 Å². The summed E-state index contributed by atoms with van der Waals surface area (Å²) in [6, 6.07) is 4.00. The van der Waals surface area contributed by atoms with Crippen molar-refractivity contribution in [3.63, 3.8) is 0 Å². The molecule has 3 rings (SSSR count). The number of piperidine rings is 1. The molecule has 0 aromatic carbocycles. The summed E-state index contributed by atoms with van der Waals surface area (Å²) in [5, 5.41) is 5.99. The second kappa shape index (κ2) is 6.68. The van der Waals surface area contributed by atoms with Crippen LogP contribution in [-0.4, -0.2) is 60.2 Å². The molecule has 1 fully saturated rings. The normalized spacial score (nSPS) is 17.9. The molecular weight excluding hydrogens is 336 g/mol. The molecule has 2 aromatic heterocycles. The predicted molar refractivity (Wildman–Crippen MR) is 88.5 cm³/mol. The summed E-state index contributed by atoms with van der Waals surface area (Å²) in [5.74, 6) is 1.23. The van der Waals surface area contributed by atoms with Crippen molar-refractivity contribution in [2.45, 2.75) is 25.4 Å². The van der Waals surface area contributed by atoms with E-state index < -0.39 is 10.0 Å². The minimum atomic E-state index is -3.13. The van der Waals surface area contributed by atoms with E-state index in [1.54, 1.807) is 18.4 Å². The van der Waals surface area contributed by atoms with Gasteiger partial charge in [0.2, 0.25) is 21.7 Å². The number of hydrogen-bond acceptors (Lipinski definition) is 7. The van der Waals surface area contributed by atoms with Crippen LogP contribution in [0.5, 0.6) is 0 Å². The van der Waals surface area contributed by atoms with Crippen LogP contribution in [-0.2, 0) is 16.6 Å². The maximum atomic E-state index is 11.6. The van der Waals surface area contributed by atoms with Gasteiger partial charge in [0.1, 0.15) is 0 Å². The van der Waals surface area contributed by atoms with Gasteiger partial charge in [0, 0.05) is 26.2 Å². The van der Waals surface area contributed by atoms with Gasteiger partial charge in [-0.15, -0.1) is 11.3 Å². The van der Waals surface area contributed by atoms with Crippen LogP contribution in [0.4, 0.5) is 0 Å². The van der Waals surface area contributed by atoms with Crippen LogP contribution in [0, 0.1) is 0 Å². The molecular formula is C14H20N4O3S2. The average molecular weight is 356 g/mol. The average Bonchev–Trinajstić information content (AvgIpc) is 3.17. The fourth-order valence-corrected chi connectivity index (χ4v) is 4.13. The van der Waals surface area contributed by atoms with Gasteiger partial charge < -0.3 is 4.52 Å². The molecule has 0 saturated carbocycles. The highest BCUT2D eigenvalue weighted by Gasteiger charge is 2.27. The Morgan fingerprint density at radius 1 is 1.43 bits per heavy atom. The molecule has 0 unspecified atom stereocenters. The van der Waals surface area contributed by atoms with Gasteiger partial charge in [-0.1, -0.05) is 11.2 Å². The van der Waals surface area contributed by atoms with Crippen LogP contribution in [0.1, 0.15) is 18.7 Å². The highest BCUT2D eigenvalue weighted by molar-refractivity contribution is 7.88. The largest absolute Gasteiger partial charge is 0.338 e. The van der Waals surface area contributed by atoms with Crippen molar-refractivity contribution in [2.24, 2.45) is 0 Å². The Labute approximate surface area is 140 Å². The van der Waals surface area contributed by atoms with E-state index in [2.05, 4.69) is 15.0 Å². The Kier molecular flexibility index (Phi) is 4.81. The molecule has 0 amide bonds. The second-order valence-corrected chi connectivity index (χ2v) is 8.77. The summed E-state index contributed by atoms with van der Waals surface area (Å²) < 4.78 is 30.0. The molecule has 23 heavy (non-hydrogen) atoms. The van der Waals surface area contributed by atoms with E-state index >= 15 is 0 Å². The first-order chi connectivity index (χ1) is 10.9. The first kappa shape index (κ1) is 16.6. The minimum Gasteiger partial charge on any atom is -0.338 e. The smallest absolute Gasteiger partial charge is 0.241 e. The van der Waals surface area contributed by atoms with Gasteiger partial charge in [-0.3, -0.25) is 4.90 Å². The fraction of sp³-hybridized carbons (Fsp3) is 0.571. The monoisotopic (exact) mass is 356 g/mol. The molecule has 7 nitrogen and oxygen atoms in total. The second-order valence-electron chi connectivity index (χ2n) is 5.78. The van der Waals surface area contributed by atoms with Crippen LogP contribution in [0.3, 0.4) is 0 Å². The Morgan fingerprint density at radius 3 is 2.78 bits per heavy atom. The summed E-state index contributed by atoms with van der Waals surface area (Å²) in [7, 11) is -1.47. The van der Waals surface area contributed by atoms with Gasteiger partial charge in [-0.2, -0.15) is 4.98 Å². The van der Waals surface area contributed by atoms with Crippen LogP contribution in [0.2, 0.25) is 0 Å². The van der Waals surface area contributed by atoms with Crippen molar-refractivity contribution < 1.29 is 12.9 Å². The molecule has 2 aromatic rings. The summed E-state index contributed by atoms with van der Waals surface area (Å²) in [6.07, 6.45) is 2.88. The lowest BCUT2D eigenvalue weighted by atomic mass is 10.1. The van der Waals surface area contributed by atoms with E-state index in [1.807, 2.05) is 17.5 Å². The Morgan fingerprint density at radius 2 is 2.17 bits per heavy atom. The molecule has 0 radical (unpaired) electrons. The number of rotatable bonds is 5. The summed E-state index contributed by atoms with van der Waals surface area (Å²) in [6.45, 7) is 2.25. The zero-order valence-corrected chi connectivity index (χ0v) is 14.8. The summed E-state index contributed by atoms with van der Waals surface area (Å²) in [5.41, 5.74) is 0. The molecule has 3 heterocycles. The van der Waals surface area contributed by atoms with Crippen molar-refractivity contribution in [3.8, 4) is 10.7 Å². The van der Waals surface area contributed by atoms with Crippen molar-refractivity contribution in [1.29, 1.82) is 0 Å². The standard InChI is InChI=1S/C14H20N4O3S2/c1-17(23(2,19)20)11-5-7-18(8-6-11)10-13-15-14(16-21-13)12-4-3-9-22-12/h3-4,9,11H,5-8,10H2,1-2H3. The lowest BCUT2D eigenvalue weighted by Crippen LogP contribution is -2.44. The summed E-state index contributed by atoms with van der Waals surface area (Å²) in [4.78, 5) is 7.64. The molecule has 9 heteroatoms. The first-order valence-electron chi connectivity index (χ1n) is 7.45. The van der Waals surface area contributed by atoms with Crippen molar-refractivity contribution >= 4 is 21.4 Å². The third-order valence-corrected chi connectivity index (χ3v) is 6.37. The number of nitrogens with zero attached hydrogens (tertiary/aromatic N) is 4. The Balaban J connectivity index is 1.55. The maximum Gasteiger partial charge on any atom is 0.241 e. The molecule has 0 N–H and O–H groups in total. The quantitative estimate of drug-likeness (QED) is 0.810. The Hall–Kier alpha value is -1.29. The van der Waals surface area contributed by atoms with E-state index in [0.29, 0.717) is 18.3 Å². The SMILES string of the molecule is CN(C1CCN(Cc2nc(-c3cccs3)no2)CC1)S(C)(=O)=O. The van der Waals surface area contributed by atoms with Crippen molar-refractivity contribution in [2.75, 3.05) is 26.4 Å². The van der Waals surface area contributed by atoms with Crippen LogP contribution >= 0.6 is 11.3 Å². The van der Waals surface area contributed by atoms with E-state index in [9.17, 15) is 8.42 Å². The van der Waals surface area contributed by atoms with Gasteiger partial charge in [0.25, 0.3) is 0 Å². The molecule has 1 saturated heterocycles. The van der Waals surface area contributed by atoms with E-state index in [0.717, 1.165) is 30.8 Å². The Bertz CT molecular complexity index is 734.